The van der Waals surface area contributed by atoms with Gasteiger partial charge < -0.3 is 16.0 Å². The van der Waals surface area contributed by atoms with Crippen LogP contribution >= 0.6 is 11.8 Å². The molecular weight excluding hydrogens is 358 g/mol. The van der Waals surface area contributed by atoms with Gasteiger partial charge in [-0.05, 0) is 49.4 Å². The number of hydrogen-bond acceptors (Lipinski definition) is 6. The van der Waals surface area contributed by atoms with Crippen LogP contribution in [-0.2, 0) is 17.9 Å². The monoisotopic (exact) mass is 383 g/mol. The Kier molecular flexibility index (Phi) is 5.22. The number of likely N-dealkylation sites (tertiary alicyclic amines) is 1. The number of fused-ring (bicyclic) bond motifs is 1. The second kappa shape index (κ2) is 7.78. The van der Waals surface area contributed by atoms with Crippen LogP contribution in [-0.4, -0.2) is 41.7 Å². The molecule has 0 spiro atoms. The van der Waals surface area contributed by atoms with Crippen molar-refractivity contribution in [2.24, 2.45) is 0 Å². The highest BCUT2D eigenvalue weighted by Crippen LogP contribution is 2.36. The first-order valence-electron chi connectivity index (χ1n) is 9.32. The summed E-state index contributed by atoms with van der Waals surface area (Å²) in [5.41, 5.74) is 9.84. The van der Waals surface area contributed by atoms with E-state index in [2.05, 4.69) is 34.5 Å². The van der Waals surface area contributed by atoms with E-state index in [4.69, 9.17) is 10.7 Å². The van der Waals surface area contributed by atoms with Gasteiger partial charge in [0.1, 0.15) is 10.7 Å². The van der Waals surface area contributed by atoms with Gasteiger partial charge in [0.2, 0.25) is 5.91 Å². The standard InChI is InChI=1S/C20H25N5OS/c1-27-18-10-16(21)19-20(23-18)25(13-17(26)22-19)12-15-6-4-5-14(9-15)11-24-7-2-3-8-24/h4-6,9-10H,2-3,7-8,11-13H2,1H3,(H2,21,23)(H,22,26). The van der Waals surface area contributed by atoms with Crippen LogP contribution in [0.3, 0.4) is 0 Å². The summed E-state index contributed by atoms with van der Waals surface area (Å²) in [6.07, 6.45) is 4.57. The molecule has 1 fully saturated rings. The van der Waals surface area contributed by atoms with Crippen LogP contribution in [0.1, 0.15) is 24.0 Å². The van der Waals surface area contributed by atoms with Gasteiger partial charge in [-0.1, -0.05) is 24.3 Å². The number of nitrogen functional groups attached to an aromatic ring is 1. The number of rotatable bonds is 5. The summed E-state index contributed by atoms with van der Waals surface area (Å²) in [5.74, 6) is 0.699. The lowest BCUT2D eigenvalue weighted by Gasteiger charge is -2.31. The predicted molar refractivity (Wildman–Crippen MR) is 111 cm³/mol. The Morgan fingerprint density at radius 2 is 1.93 bits per heavy atom. The summed E-state index contributed by atoms with van der Waals surface area (Å²) in [7, 11) is 0. The van der Waals surface area contributed by atoms with Gasteiger partial charge in [-0.2, -0.15) is 0 Å². The number of nitrogens with one attached hydrogen (secondary N) is 1. The molecule has 1 amide bonds. The van der Waals surface area contributed by atoms with Gasteiger partial charge in [0, 0.05) is 13.1 Å². The highest BCUT2D eigenvalue weighted by atomic mass is 32.2. The minimum Gasteiger partial charge on any atom is -0.397 e. The van der Waals surface area contributed by atoms with Gasteiger partial charge in [-0.3, -0.25) is 9.69 Å². The Bertz CT molecular complexity index is 850. The van der Waals surface area contributed by atoms with Crippen LogP contribution in [0.25, 0.3) is 0 Å². The third kappa shape index (κ3) is 4.04. The molecule has 4 rings (SSSR count). The maximum Gasteiger partial charge on any atom is 0.244 e. The van der Waals surface area contributed by atoms with Crippen molar-refractivity contribution in [2.75, 3.05) is 41.8 Å². The molecule has 27 heavy (non-hydrogen) atoms. The maximum absolute atomic E-state index is 12.2. The largest absolute Gasteiger partial charge is 0.397 e. The van der Waals surface area contributed by atoms with E-state index in [9.17, 15) is 4.79 Å². The Morgan fingerprint density at radius 1 is 1.19 bits per heavy atom. The van der Waals surface area contributed by atoms with E-state index in [1.165, 1.54) is 37.1 Å². The Balaban J connectivity index is 1.58. The number of aromatic nitrogens is 1. The molecule has 0 bridgehead atoms. The van der Waals surface area contributed by atoms with Crippen molar-refractivity contribution in [3.05, 3.63) is 41.5 Å². The lowest BCUT2D eigenvalue weighted by Crippen LogP contribution is -2.38. The molecule has 1 aromatic carbocycles. The van der Waals surface area contributed by atoms with Crippen LogP contribution in [0, 0.1) is 0 Å². The summed E-state index contributed by atoms with van der Waals surface area (Å²) in [4.78, 5) is 21.4. The van der Waals surface area contributed by atoms with Crippen molar-refractivity contribution in [1.82, 2.24) is 9.88 Å². The van der Waals surface area contributed by atoms with Gasteiger partial charge in [0.15, 0.2) is 5.82 Å². The fraction of sp³-hybridized carbons (Fsp3) is 0.400. The number of carbonyl (C=O) groups excluding carboxylic acids is 1. The first-order valence-corrected chi connectivity index (χ1v) is 10.5. The molecule has 142 valence electrons. The fourth-order valence-electron chi connectivity index (χ4n) is 3.79. The molecule has 3 heterocycles. The topological polar surface area (TPSA) is 74.5 Å². The van der Waals surface area contributed by atoms with Gasteiger partial charge in [-0.15, -0.1) is 11.8 Å². The number of carbonyl (C=O) groups is 1. The van der Waals surface area contributed by atoms with E-state index in [0.717, 1.165) is 17.4 Å². The van der Waals surface area contributed by atoms with Crippen molar-refractivity contribution < 1.29 is 4.79 Å². The lowest BCUT2D eigenvalue weighted by atomic mass is 10.1. The second-order valence-corrected chi connectivity index (χ2v) is 7.99. The predicted octanol–water partition coefficient (Wildman–Crippen LogP) is 2.94. The van der Waals surface area contributed by atoms with Gasteiger partial charge in [0.05, 0.1) is 12.2 Å². The lowest BCUT2D eigenvalue weighted by molar-refractivity contribution is -0.115. The normalized spacial score (nSPS) is 17.1. The van der Waals surface area contributed by atoms with Crippen molar-refractivity contribution in [3.8, 4) is 0 Å². The zero-order chi connectivity index (χ0) is 18.8. The van der Waals surface area contributed by atoms with Crippen molar-refractivity contribution in [2.45, 2.75) is 31.0 Å². The Morgan fingerprint density at radius 3 is 2.67 bits per heavy atom. The van der Waals surface area contributed by atoms with Crippen LogP contribution in [0.4, 0.5) is 17.2 Å². The zero-order valence-electron chi connectivity index (χ0n) is 15.6. The molecule has 1 saturated heterocycles. The first kappa shape index (κ1) is 18.1. The number of amides is 1. The van der Waals surface area contributed by atoms with Crippen molar-refractivity contribution in [3.63, 3.8) is 0 Å². The number of benzene rings is 1. The third-order valence-corrected chi connectivity index (χ3v) is 5.71. The van der Waals surface area contributed by atoms with E-state index in [1.807, 2.05) is 17.2 Å². The average Bonchev–Trinajstić information content (AvgIpc) is 3.15. The molecule has 6 nitrogen and oxygen atoms in total. The molecular formula is C20H25N5OS. The molecule has 1 aromatic heterocycles. The summed E-state index contributed by atoms with van der Waals surface area (Å²) in [6.45, 7) is 4.29. The first-order chi connectivity index (χ1) is 13.1. The number of pyridine rings is 1. The second-order valence-electron chi connectivity index (χ2n) is 7.16. The molecule has 3 N–H and O–H groups in total. The van der Waals surface area contributed by atoms with Crippen LogP contribution in [0.5, 0.6) is 0 Å². The molecule has 0 aliphatic carbocycles. The SMILES string of the molecule is CSc1cc(N)c2c(n1)N(Cc1cccc(CN3CCCC3)c1)CC(=O)N2. The van der Waals surface area contributed by atoms with Crippen molar-refractivity contribution >= 4 is 34.9 Å². The van der Waals surface area contributed by atoms with E-state index in [-0.39, 0.29) is 12.5 Å². The fourth-order valence-corrected chi connectivity index (χ4v) is 4.21. The minimum atomic E-state index is -0.0545. The van der Waals surface area contributed by atoms with E-state index >= 15 is 0 Å². The zero-order valence-corrected chi connectivity index (χ0v) is 16.4. The number of nitrogens with zero attached hydrogens (tertiary/aromatic N) is 3. The minimum absolute atomic E-state index is 0.0545. The van der Waals surface area contributed by atoms with E-state index in [1.54, 1.807) is 11.8 Å². The number of thioether (sulfide) groups is 1. The maximum atomic E-state index is 12.2. The third-order valence-electron chi connectivity index (χ3n) is 5.08. The summed E-state index contributed by atoms with van der Waals surface area (Å²) in [6, 6.07) is 10.4. The Labute approximate surface area is 164 Å². The van der Waals surface area contributed by atoms with Crippen LogP contribution in [0.2, 0.25) is 0 Å². The average molecular weight is 384 g/mol. The van der Waals surface area contributed by atoms with Crippen LogP contribution < -0.4 is 16.0 Å². The smallest absolute Gasteiger partial charge is 0.244 e. The molecule has 0 saturated carbocycles. The molecule has 0 radical (unpaired) electrons. The summed E-state index contributed by atoms with van der Waals surface area (Å²) < 4.78 is 0. The molecule has 2 aliphatic heterocycles. The van der Waals surface area contributed by atoms with Crippen molar-refractivity contribution in [1.29, 1.82) is 0 Å². The molecule has 2 aliphatic rings. The van der Waals surface area contributed by atoms with E-state index < -0.39 is 0 Å². The Hall–Kier alpha value is -2.25. The molecule has 2 aromatic rings. The van der Waals surface area contributed by atoms with Gasteiger partial charge in [0.25, 0.3) is 0 Å². The molecule has 7 heteroatoms. The number of nitrogens with two attached hydrogens (primary N) is 1. The highest BCUT2D eigenvalue weighted by Gasteiger charge is 2.26. The summed E-state index contributed by atoms with van der Waals surface area (Å²) in [5, 5.41) is 3.73. The van der Waals surface area contributed by atoms with Crippen LogP contribution in [0.15, 0.2) is 35.4 Å². The quantitative estimate of drug-likeness (QED) is 0.774. The molecule has 0 atom stereocenters. The van der Waals surface area contributed by atoms with Gasteiger partial charge >= 0.3 is 0 Å². The number of hydrogen-bond donors (Lipinski definition) is 2. The highest BCUT2D eigenvalue weighted by molar-refractivity contribution is 7.98. The number of anilines is 3. The van der Waals surface area contributed by atoms with Gasteiger partial charge in [-0.25, -0.2) is 4.98 Å². The van der Waals surface area contributed by atoms with E-state index in [0.29, 0.717) is 17.9 Å². The summed E-state index contributed by atoms with van der Waals surface area (Å²) >= 11 is 1.55. The molecule has 0 unspecified atom stereocenters.